The van der Waals surface area contributed by atoms with Crippen LogP contribution in [0, 0.1) is 11.7 Å². The summed E-state index contributed by atoms with van der Waals surface area (Å²) in [6, 6.07) is 4.87. The fraction of sp³-hybridized carbons (Fsp3) is 0.562. The van der Waals surface area contributed by atoms with Gasteiger partial charge in [-0.2, -0.15) is 0 Å². The van der Waals surface area contributed by atoms with Crippen LogP contribution in [0.1, 0.15) is 37.3 Å². The van der Waals surface area contributed by atoms with Crippen LogP contribution >= 0.6 is 0 Å². The Morgan fingerprint density at radius 1 is 1.48 bits per heavy atom. The first-order valence-corrected chi connectivity index (χ1v) is 7.48. The number of rotatable bonds is 7. The van der Waals surface area contributed by atoms with Gasteiger partial charge in [-0.1, -0.05) is 12.1 Å². The smallest absolute Gasteiger partial charge is 0.220 e. The minimum absolute atomic E-state index is 0.0303. The third-order valence-corrected chi connectivity index (χ3v) is 3.90. The Kier molecular flexibility index (Phi) is 5.70. The number of ether oxygens (including phenoxy) is 1. The Bertz CT molecular complexity index is 487. The van der Waals surface area contributed by atoms with E-state index in [-0.39, 0.29) is 18.3 Å². The Balaban J connectivity index is 1.72. The van der Waals surface area contributed by atoms with Crippen LogP contribution in [0.3, 0.4) is 0 Å². The summed E-state index contributed by atoms with van der Waals surface area (Å²) < 4.78 is 19.2. The third kappa shape index (κ3) is 4.51. The summed E-state index contributed by atoms with van der Waals surface area (Å²) in [7, 11) is 0. The second-order valence-electron chi connectivity index (χ2n) is 5.53. The van der Waals surface area contributed by atoms with Crippen LogP contribution in [0.4, 0.5) is 4.39 Å². The summed E-state index contributed by atoms with van der Waals surface area (Å²) in [5.41, 5.74) is 6.69. The molecule has 1 aliphatic carbocycles. The molecule has 2 rings (SSSR count). The molecule has 0 bridgehead atoms. The first-order chi connectivity index (χ1) is 10.1. The minimum Gasteiger partial charge on any atom is -0.378 e. The van der Waals surface area contributed by atoms with Crippen molar-refractivity contribution in [1.29, 1.82) is 0 Å². The van der Waals surface area contributed by atoms with Crippen LogP contribution in [-0.2, 0) is 22.6 Å². The van der Waals surface area contributed by atoms with E-state index in [0.717, 1.165) is 25.0 Å². The average molecular weight is 294 g/mol. The second kappa shape index (κ2) is 7.52. The van der Waals surface area contributed by atoms with Gasteiger partial charge in [0.15, 0.2) is 0 Å². The lowest BCUT2D eigenvalue weighted by Crippen LogP contribution is -2.35. The molecule has 0 spiro atoms. The van der Waals surface area contributed by atoms with Crippen molar-refractivity contribution >= 4 is 5.91 Å². The Morgan fingerprint density at radius 2 is 2.24 bits per heavy atom. The van der Waals surface area contributed by atoms with E-state index < -0.39 is 0 Å². The molecule has 5 heteroatoms. The summed E-state index contributed by atoms with van der Waals surface area (Å²) in [4.78, 5) is 11.8. The van der Waals surface area contributed by atoms with Crippen LogP contribution in [0.15, 0.2) is 18.2 Å². The molecule has 0 saturated heterocycles. The van der Waals surface area contributed by atoms with Gasteiger partial charge < -0.3 is 15.8 Å². The molecule has 0 aromatic heterocycles. The van der Waals surface area contributed by atoms with E-state index in [1.54, 1.807) is 12.1 Å². The maximum absolute atomic E-state index is 13.7. The Hall–Kier alpha value is -1.46. The van der Waals surface area contributed by atoms with Gasteiger partial charge in [0, 0.05) is 31.7 Å². The average Bonchev–Trinajstić information content (AvgIpc) is 2.43. The van der Waals surface area contributed by atoms with Gasteiger partial charge in [0.1, 0.15) is 5.82 Å². The fourth-order valence-electron chi connectivity index (χ4n) is 2.60. The lowest BCUT2D eigenvalue weighted by atomic mass is 9.80. The van der Waals surface area contributed by atoms with Gasteiger partial charge in [0.25, 0.3) is 0 Å². The van der Waals surface area contributed by atoms with Gasteiger partial charge >= 0.3 is 0 Å². The van der Waals surface area contributed by atoms with Crippen LogP contribution < -0.4 is 11.1 Å². The molecule has 1 saturated carbocycles. The summed E-state index contributed by atoms with van der Waals surface area (Å²) >= 11 is 0. The van der Waals surface area contributed by atoms with E-state index in [0.29, 0.717) is 30.6 Å². The molecule has 116 valence electrons. The summed E-state index contributed by atoms with van der Waals surface area (Å²) in [6.07, 6.45) is 2.70. The molecule has 1 amide bonds. The highest BCUT2D eigenvalue weighted by Gasteiger charge is 2.30. The zero-order valence-corrected chi connectivity index (χ0v) is 12.4. The Morgan fingerprint density at radius 3 is 2.86 bits per heavy atom. The van der Waals surface area contributed by atoms with E-state index in [2.05, 4.69) is 5.32 Å². The van der Waals surface area contributed by atoms with Crippen LogP contribution in [0.25, 0.3) is 0 Å². The van der Waals surface area contributed by atoms with Gasteiger partial charge in [-0.15, -0.1) is 0 Å². The van der Waals surface area contributed by atoms with Crippen LogP contribution in [0.5, 0.6) is 0 Å². The van der Waals surface area contributed by atoms with Crippen molar-refractivity contribution in [3.8, 4) is 0 Å². The highest BCUT2D eigenvalue weighted by atomic mass is 19.1. The standard InChI is InChI=1S/C16H23FN2O2/c1-2-21-14-5-12(6-14)8-16(20)19-10-13-4-3-11(9-18)7-15(13)17/h3-4,7,12,14H,2,5-6,8-10,18H2,1H3,(H,19,20). The zero-order chi connectivity index (χ0) is 15.2. The van der Waals surface area contributed by atoms with Crippen molar-refractivity contribution < 1.29 is 13.9 Å². The molecule has 0 aliphatic heterocycles. The molecule has 21 heavy (non-hydrogen) atoms. The number of nitrogens with one attached hydrogen (secondary N) is 1. The molecule has 0 radical (unpaired) electrons. The Labute approximate surface area is 124 Å². The molecule has 3 N–H and O–H groups in total. The predicted molar refractivity (Wildman–Crippen MR) is 78.9 cm³/mol. The topological polar surface area (TPSA) is 64.3 Å². The van der Waals surface area contributed by atoms with Crippen molar-refractivity contribution in [1.82, 2.24) is 5.32 Å². The number of hydrogen-bond donors (Lipinski definition) is 2. The molecular weight excluding hydrogens is 271 g/mol. The number of carbonyl (C=O) groups excluding carboxylic acids is 1. The van der Waals surface area contributed by atoms with E-state index in [1.807, 2.05) is 6.92 Å². The number of benzene rings is 1. The number of carbonyl (C=O) groups is 1. The van der Waals surface area contributed by atoms with Crippen molar-refractivity contribution in [3.05, 3.63) is 35.1 Å². The maximum Gasteiger partial charge on any atom is 0.220 e. The van der Waals surface area contributed by atoms with Gasteiger partial charge in [-0.25, -0.2) is 4.39 Å². The van der Waals surface area contributed by atoms with Crippen molar-refractivity contribution in [2.24, 2.45) is 11.7 Å². The van der Waals surface area contributed by atoms with Crippen molar-refractivity contribution in [2.45, 2.75) is 45.4 Å². The highest BCUT2D eigenvalue weighted by molar-refractivity contribution is 5.76. The van der Waals surface area contributed by atoms with Gasteiger partial charge in [-0.3, -0.25) is 4.79 Å². The van der Waals surface area contributed by atoms with Crippen LogP contribution in [-0.4, -0.2) is 18.6 Å². The lowest BCUT2D eigenvalue weighted by molar-refractivity contribution is -0.124. The normalized spacial score (nSPS) is 20.9. The molecule has 0 atom stereocenters. The van der Waals surface area contributed by atoms with Crippen molar-refractivity contribution in [2.75, 3.05) is 6.61 Å². The molecule has 4 nitrogen and oxygen atoms in total. The van der Waals surface area contributed by atoms with Crippen molar-refractivity contribution in [3.63, 3.8) is 0 Å². The van der Waals surface area contributed by atoms with E-state index in [9.17, 15) is 9.18 Å². The quantitative estimate of drug-likeness (QED) is 0.809. The molecule has 0 unspecified atom stereocenters. The number of hydrogen-bond acceptors (Lipinski definition) is 3. The first kappa shape index (κ1) is 15.9. The van der Waals surface area contributed by atoms with Crippen LogP contribution in [0.2, 0.25) is 0 Å². The summed E-state index contributed by atoms with van der Waals surface area (Å²) in [6.45, 7) is 3.23. The predicted octanol–water partition coefficient (Wildman–Crippen LogP) is 2.11. The monoisotopic (exact) mass is 294 g/mol. The molecule has 1 aromatic carbocycles. The highest BCUT2D eigenvalue weighted by Crippen LogP contribution is 2.32. The number of amides is 1. The zero-order valence-electron chi connectivity index (χ0n) is 12.4. The molecule has 1 aromatic rings. The summed E-state index contributed by atoms with van der Waals surface area (Å²) in [5, 5.41) is 2.77. The third-order valence-electron chi connectivity index (χ3n) is 3.90. The molecule has 0 heterocycles. The second-order valence-corrected chi connectivity index (χ2v) is 5.53. The SMILES string of the molecule is CCOC1CC(CC(=O)NCc2ccc(CN)cc2F)C1. The molecule has 1 fully saturated rings. The lowest BCUT2D eigenvalue weighted by Gasteiger charge is -2.34. The molecular formula is C16H23FN2O2. The van der Waals surface area contributed by atoms with Gasteiger partial charge in [-0.05, 0) is 37.3 Å². The fourth-order valence-corrected chi connectivity index (χ4v) is 2.60. The van der Waals surface area contributed by atoms with E-state index >= 15 is 0 Å². The largest absolute Gasteiger partial charge is 0.378 e. The van der Waals surface area contributed by atoms with Gasteiger partial charge in [0.05, 0.1) is 6.10 Å². The minimum atomic E-state index is -0.321. The number of nitrogens with two attached hydrogens (primary N) is 1. The first-order valence-electron chi connectivity index (χ1n) is 7.48. The van der Waals surface area contributed by atoms with E-state index in [4.69, 9.17) is 10.5 Å². The van der Waals surface area contributed by atoms with E-state index in [1.165, 1.54) is 6.07 Å². The summed E-state index contributed by atoms with van der Waals surface area (Å²) in [5.74, 6) is 0.0431. The maximum atomic E-state index is 13.7. The molecule has 1 aliphatic rings. The number of halogens is 1. The van der Waals surface area contributed by atoms with Gasteiger partial charge in [0.2, 0.25) is 5.91 Å².